The second kappa shape index (κ2) is 8.83. The Balaban J connectivity index is 1.19. The zero-order valence-electron chi connectivity index (χ0n) is 21.7. The minimum Gasteiger partial charge on any atom is -0.497 e. The molecule has 0 radical (unpaired) electrons. The normalized spacial score (nSPS) is 52.4. The molecule has 0 aromatic carbocycles. The van der Waals surface area contributed by atoms with Crippen molar-refractivity contribution >= 4 is 6.29 Å². The molecule has 196 valence electrons. The molecule has 7 rings (SSSR count). The van der Waals surface area contributed by atoms with Crippen LogP contribution in [0.5, 0.6) is 0 Å². The molecule has 5 saturated carbocycles. The number of aliphatic hydroxyl groups is 1. The van der Waals surface area contributed by atoms with Crippen LogP contribution in [0.25, 0.3) is 0 Å². The average molecular weight is 492 g/mol. The maximum Gasteiger partial charge on any atom is 0.137 e. The predicted octanol–water partition coefficient (Wildman–Crippen LogP) is 5.42. The summed E-state index contributed by atoms with van der Waals surface area (Å²) in [6.07, 6.45) is 22.8. The Bertz CT molecular complexity index is 951. The van der Waals surface area contributed by atoms with Crippen LogP contribution in [-0.2, 0) is 9.53 Å². The second-order valence-corrected chi connectivity index (χ2v) is 13.8. The van der Waals surface area contributed by atoms with E-state index in [0.29, 0.717) is 41.4 Å². The summed E-state index contributed by atoms with van der Waals surface area (Å²) in [5.41, 5.74) is 8.32. The first-order valence-corrected chi connectivity index (χ1v) is 15.1. The lowest BCUT2D eigenvalue weighted by molar-refractivity contribution is -0.112. The quantitative estimate of drug-likeness (QED) is 0.407. The van der Waals surface area contributed by atoms with Crippen molar-refractivity contribution in [3.8, 4) is 0 Å². The lowest BCUT2D eigenvalue weighted by atomic mass is 9.60. The van der Waals surface area contributed by atoms with E-state index in [9.17, 15) is 9.90 Å². The first-order valence-electron chi connectivity index (χ1n) is 15.1. The van der Waals surface area contributed by atoms with Gasteiger partial charge in [0.1, 0.15) is 12.4 Å². The molecule has 6 aliphatic carbocycles. The molecule has 0 bridgehead atoms. The van der Waals surface area contributed by atoms with Gasteiger partial charge in [0.05, 0.1) is 18.4 Å². The molecule has 4 heteroatoms. The van der Waals surface area contributed by atoms with Crippen LogP contribution in [-0.4, -0.2) is 29.6 Å². The SMILES string of the molecule is C=C1CCC2C(C3CC(C4CCCC4)CC13)C2(C(N)C=O)C1CCC2C=CC3C(O)C=COC3C2C1. The van der Waals surface area contributed by atoms with Gasteiger partial charge in [-0.1, -0.05) is 50.0 Å². The molecule has 1 heterocycles. The van der Waals surface area contributed by atoms with Crippen LogP contribution in [0.15, 0.2) is 36.6 Å². The first kappa shape index (κ1) is 23.7. The highest BCUT2D eigenvalue weighted by atomic mass is 16.5. The molecule has 36 heavy (non-hydrogen) atoms. The minimum absolute atomic E-state index is 0.0410. The summed E-state index contributed by atoms with van der Waals surface area (Å²) in [5.74, 6) is 5.69. The number of carbonyl (C=O) groups excluding carboxylic acids is 1. The lowest BCUT2D eigenvalue weighted by Gasteiger charge is -2.48. The Kier molecular flexibility index (Phi) is 5.82. The standard InChI is InChI=1S/C32H45NO3/c1-18-6-11-27-30(26-15-21(14-24(18)26)19-4-2-3-5-19)32(27,29(33)17-34)22-9-7-20-8-10-23-28(35)12-13-36-31(23)25(20)16-22/h8,10,12-13,17,19-31,35H,1-7,9,11,14-16,33H2. The van der Waals surface area contributed by atoms with Gasteiger partial charge in [0, 0.05) is 17.3 Å². The Morgan fingerprint density at radius 2 is 1.86 bits per heavy atom. The zero-order valence-corrected chi connectivity index (χ0v) is 21.7. The largest absolute Gasteiger partial charge is 0.497 e. The summed E-state index contributed by atoms with van der Waals surface area (Å²) in [7, 11) is 0. The molecular formula is C32H45NO3. The molecular weight excluding hydrogens is 446 g/mol. The van der Waals surface area contributed by atoms with Crippen LogP contribution >= 0.6 is 0 Å². The van der Waals surface area contributed by atoms with E-state index in [0.717, 1.165) is 37.4 Å². The average Bonchev–Trinajstić information content (AvgIpc) is 3.20. The number of rotatable bonds is 4. The van der Waals surface area contributed by atoms with Crippen LogP contribution < -0.4 is 5.73 Å². The number of carbonyl (C=O) groups is 1. The van der Waals surface area contributed by atoms with Crippen molar-refractivity contribution < 1.29 is 14.6 Å². The Labute approximate surface area is 216 Å². The molecule has 1 aliphatic heterocycles. The summed E-state index contributed by atoms with van der Waals surface area (Å²) < 4.78 is 6.18. The Hall–Kier alpha value is -1.39. The fraction of sp³-hybridized carbons (Fsp3) is 0.781. The van der Waals surface area contributed by atoms with Gasteiger partial charge in [0.25, 0.3) is 0 Å². The minimum atomic E-state index is -0.461. The molecule has 13 atom stereocenters. The van der Waals surface area contributed by atoms with Gasteiger partial charge in [-0.25, -0.2) is 0 Å². The molecule has 5 fully saturated rings. The maximum atomic E-state index is 12.4. The van der Waals surface area contributed by atoms with E-state index < -0.39 is 6.10 Å². The van der Waals surface area contributed by atoms with Gasteiger partial charge in [0.15, 0.2) is 0 Å². The van der Waals surface area contributed by atoms with Crippen LogP contribution in [0.3, 0.4) is 0 Å². The fourth-order valence-corrected chi connectivity index (χ4v) is 11.2. The molecule has 0 amide bonds. The van der Waals surface area contributed by atoms with Crippen molar-refractivity contribution in [3.63, 3.8) is 0 Å². The van der Waals surface area contributed by atoms with Crippen molar-refractivity contribution in [2.45, 2.75) is 88.9 Å². The van der Waals surface area contributed by atoms with Gasteiger partial charge in [0.2, 0.25) is 0 Å². The van der Waals surface area contributed by atoms with E-state index >= 15 is 0 Å². The summed E-state index contributed by atoms with van der Waals surface area (Å²) in [6.45, 7) is 4.61. The third-order valence-electron chi connectivity index (χ3n) is 12.7. The van der Waals surface area contributed by atoms with E-state index in [1.165, 1.54) is 56.9 Å². The highest BCUT2D eigenvalue weighted by Crippen LogP contribution is 2.76. The van der Waals surface area contributed by atoms with E-state index in [2.05, 4.69) is 18.7 Å². The summed E-state index contributed by atoms with van der Waals surface area (Å²) in [4.78, 5) is 12.4. The van der Waals surface area contributed by atoms with Gasteiger partial charge in [-0.2, -0.15) is 0 Å². The smallest absolute Gasteiger partial charge is 0.137 e. The molecule has 0 saturated heterocycles. The number of nitrogens with two attached hydrogens (primary N) is 1. The highest BCUT2D eigenvalue weighted by Gasteiger charge is 2.74. The van der Waals surface area contributed by atoms with E-state index in [4.69, 9.17) is 10.5 Å². The lowest BCUT2D eigenvalue weighted by Crippen LogP contribution is -2.50. The van der Waals surface area contributed by atoms with E-state index in [1.54, 1.807) is 12.3 Å². The van der Waals surface area contributed by atoms with Crippen molar-refractivity contribution in [2.24, 2.45) is 70.3 Å². The molecule has 0 spiro atoms. The van der Waals surface area contributed by atoms with Gasteiger partial charge in [-0.3, -0.25) is 0 Å². The van der Waals surface area contributed by atoms with Crippen molar-refractivity contribution in [3.05, 3.63) is 36.6 Å². The molecule has 0 aromatic heterocycles. The van der Waals surface area contributed by atoms with Gasteiger partial charge < -0.3 is 20.4 Å². The second-order valence-electron chi connectivity index (χ2n) is 13.8. The van der Waals surface area contributed by atoms with Crippen molar-refractivity contribution in [1.82, 2.24) is 0 Å². The Morgan fingerprint density at radius 1 is 1.03 bits per heavy atom. The van der Waals surface area contributed by atoms with Crippen LogP contribution in [0, 0.1) is 64.6 Å². The molecule has 4 nitrogen and oxygen atoms in total. The molecule has 0 aromatic rings. The van der Waals surface area contributed by atoms with Crippen molar-refractivity contribution in [1.29, 1.82) is 0 Å². The summed E-state index contributed by atoms with van der Waals surface area (Å²) >= 11 is 0. The number of hydrogen-bond donors (Lipinski definition) is 2. The van der Waals surface area contributed by atoms with Crippen LogP contribution in [0.1, 0.15) is 70.6 Å². The fourth-order valence-electron chi connectivity index (χ4n) is 11.2. The molecule has 7 aliphatic rings. The maximum absolute atomic E-state index is 12.4. The number of allylic oxidation sites excluding steroid dienone is 2. The number of ether oxygens (including phenoxy) is 1. The first-order chi connectivity index (χ1) is 17.5. The topological polar surface area (TPSA) is 72.6 Å². The van der Waals surface area contributed by atoms with Crippen LogP contribution in [0.2, 0.25) is 0 Å². The summed E-state index contributed by atoms with van der Waals surface area (Å²) in [5, 5.41) is 10.6. The monoisotopic (exact) mass is 491 g/mol. The van der Waals surface area contributed by atoms with E-state index in [-0.39, 0.29) is 23.5 Å². The van der Waals surface area contributed by atoms with Crippen molar-refractivity contribution in [2.75, 3.05) is 0 Å². The van der Waals surface area contributed by atoms with Gasteiger partial charge in [-0.15, -0.1) is 0 Å². The number of hydrogen-bond acceptors (Lipinski definition) is 4. The summed E-state index contributed by atoms with van der Waals surface area (Å²) in [6, 6.07) is -0.362. The number of aldehydes is 1. The van der Waals surface area contributed by atoms with Gasteiger partial charge >= 0.3 is 0 Å². The van der Waals surface area contributed by atoms with Gasteiger partial charge in [-0.05, 0) is 98.4 Å². The Morgan fingerprint density at radius 3 is 2.67 bits per heavy atom. The number of fused-ring (bicyclic) bond motifs is 6. The van der Waals surface area contributed by atoms with Crippen LogP contribution in [0.4, 0.5) is 0 Å². The molecule has 3 N–H and O–H groups in total. The van der Waals surface area contributed by atoms with E-state index in [1.807, 2.05) is 0 Å². The highest BCUT2D eigenvalue weighted by molar-refractivity contribution is 5.61. The predicted molar refractivity (Wildman–Crippen MR) is 140 cm³/mol. The third-order valence-corrected chi connectivity index (χ3v) is 12.7. The molecule has 13 unspecified atom stereocenters. The zero-order chi connectivity index (χ0) is 24.6. The third kappa shape index (κ3) is 3.35. The number of aliphatic hydroxyl groups excluding tert-OH is 1.